The van der Waals surface area contributed by atoms with Crippen LogP contribution in [-0.4, -0.2) is 24.5 Å². The maximum Gasteiger partial charge on any atom is 0.416 e. The summed E-state index contributed by atoms with van der Waals surface area (Å²) in [7, 11) is 0. The van der Waals surface area contributed by atoms with E-state index in [1.54, 1.807) is 0 Å². The summed E-state index contributed by atoms with van der Waals surface area (Å²) >= 11 is 0. The lowest BCUT2D eigenvalue weighted by Gasteiger charge is -2.17. The molecular weight excluding hydrogens is 855 g/mol. The van der Waals surface area contributed by atoms with E-state index in [-0.39, 0.29) is 68.3 Å². The van der Waals surface area contributed by atoms with Gasteiger partial charge in [0.1, 0.15) is 12.1 Å². The predicted octanol–water partition coefficient (Wildman–Crippen LogP) is 12.9. The summed E-state index contributed by atoms with van der Waals surface area (Å²) in [4.78, 5) is 17.1. The van der Waals surface area contributed by atoms with Crippen molar-refractivity contribution in [3.8, 4) is 62.9 Å². The molecule has 0 saturated heterocycles. The number of rotatable bonds is 5. The predicted molar refractivity (Wildman–Crippen MR) is 203 cm³/mol. The van der Waals surface area contributed by atoms with Crippen molar-refractivity contribution in [2.45, 2.75) is 24.7 Å². The van der Waals surface area contributed by atoms with Gasteiger partial charge in [-0.1, -0.05) is 24.3 Å². The van der Waals surface area contributed by atoms with Crippen LogP contribution in [0.5, 0.6) is 0 Å². The first-order valence-electron chi connectivity index (χ1n) is 17.9. The molecule has 7 nitrogen and oxygen atoms in total. The van der Waals surface area contributed by atoms with Crippen LogP contribution in [0.2, 0.25) is 0 Å². The van der Waals surface area contributed by atoms with Crippen molar-refractivity contribution in [3.05, 3.63) is 149 Å². The lowest BCUT2D eigenvalue weighted by Crippen LogP contribution is -2.11. The number of alkyl halides is 12. The third kappa shape index (κ3) is 8.08. The van der Waals surface area contributed by atoms with Crippen LogP contribution in [0, 0.1) is 22.7 Å². The fourth-order valence-corrected chi connectivity index (χ4v) is 6.99. The molecule has 3 aromatic heterocycles. The molecule has 0 radical (unpaired) electrons. The van der Waals surface area contributed by atoms with E-state index in [1.807, 2.05) is 12.1 Å². The van der Waals surface area contributed by atoms with Crippen LogP contribution in [0.4, 0.5) is 52.7 Å². The number of hydrogen-bond acceptors (Lipinski definition) is 6. The van der Waals surface area contributed by atoms with E-state index >= 15 is 0 Å². The highest BCUT2D eigenvalue weighted by Crippen LogP contribution is 2.44. The highest BCUT2D eigenvalue weighted by atomic mass is 19.4. The van der Waals surface area contributed by atoms with Crippen molar-refractivity contribution < 1.29 is 52.7 Å². The van der Waals surface area contributed by atoms with Crippen molar-refractivity contribution >= 4 is 21.8 Å². The van der Waals surface area contributed by atoms with Gasteiger partial charge in [-0.25, -0.2) is 19.9 Å². The SMILES string of the molecule is N#Cc1cnc(-c2ccc(-n3c4cc(-c5cc(C(F)(F)F)cc(C(F)(F)F)c5)ccc4c4ccc(-c5cc(C(F)(F)F)cc(C(F)(F)F)c5)cc43)c(-c3ncc(C#N)cn3)c2)nc1. The second-order valence-corrected chi connectivity index (χ2v) is 13.9. The Hall–Kier alpha value is -7.80. The van der Waals surface area contributed by atoms with E-state index in [4.69, 9.17) is 0 Å². The molecule has 8 rings (SSSR count). The average molecular weight is 874 g/mol. The summed E-state index contributed by atoms with van der Waals surface area (Å²) in [5.41, 5.74) is -6.54. The standard InChI is InChI=1S/C44H19F12N7/c45-41(46,47)29-7-27(8-30(14-29)42(48,49)50)24-1-4-33-34-5-2-25(28-9-31(43(51,52)53)15-32(10-28)44(54,55)56)13-38(34)63(37(33)12-24)36-6-3-26(39-59-18-22(16-57)19-60-39)11-35(36)40-61-20-23(17-58)21-62-40/h1-15,18-21H. The minimum absolute atomic E-state index is 0.0263. The van der Waals surface area contributed by atoms with E-state index < -0.39 is 58.1 Å². The quantitative estimate of drug-likeness (QED) is 0.160. The Morgan fingerprint density at radius 3 is 1.13 bits per heavy atom. The topological polar surface area (TPSA) is 104 Å². The number of nitrogens with zero attached hydrogens (tertiary/aromatic N) is 7. The molecular formula is C44H19F12N7. The minimum atomic E-state index is -5.18. The molecule has 0 aliphatic rings. The Bertz CT molecular complexity index is 2990. The Morgan fingerprint density at radius 2 is 0.762 bits per heavy atom. The number of nitriles is 2. The third-order valence-corrected chi connectivity index (χ3v) is 9.91. The van der Waals surface area contributed by atoms with Gasteiger partial charge in [0.25, 0.3) is 0 Å². The molecule has 314 valence electrons. The molecule has 0 aliphatic carbocycles. The summed E-state index contributed by atoms with van der Waals surface area (Å²) in [6, 6.07) is 18.3. The van der Waals surface area contributed by atoms with Gasteiger partial charge >= 0.3 is 24.7 Å². The molecule has 5 aromatic carbocycles. The molecule has 19 heteroatoms. The van der Waals surface area contributed by atoms with Gasteiger partial charge in [0.15, 0.2) is 11.6 Å². The smallest absolute Gasteiger partial charge is 0.308 e. The summed E-state index contributed by atoms with van der Waals surface area (Å²) in [6.45, 7) is 0. The van der Waals surface area contributed by atoms with Crippen LogP contribution in [0.15, 0.2) is 116 Å². The number of halogens is 12. The van der Waals surface area contributed by atoms with Crippen molar-refractivity contribution in [1.82, 2.24) is 24.5 Å². The Balaban J connectivity index is 1.46. The second kappa shape index (κ2) is 15.0. The summed E-state index contributed by atoms with van der Waals surface area (Å²) in [5.74, 6) is 0.0690. The number of benzene rings is 5. The highest BCUT2D eigenvalue weighted by Gasteiger charge is 2.38. The monoisotopic (exact) mass is 873 g/mol. The van der Waals surface area contributed by atoms with Gasteiger partial charge in [-0.2, -0.15) is 63.2 Å². The minimum Gasteiger partial charge on any atom is -0.308 e. The molecule has 0 amide bonds. The molecule has 0 saturated carbocycles. The Labute approximate surface area is 345 Å². The van der Waals surface area contributed by atoms with Gasteiger partial charge in [0.05, 0.1) is 50.1 Å². The van der Waals surface area contributed by atoms with Gasteiger partial charge in [-0.15, -0.1) is 0 Å². The van der Waals surface area contributed by atoms with E-state index in [0.717, 1.165) is 0 Å². The number of fused-ring (bicyclic) bond motifs is 3. The maximum atomic E-state index is 14.0. The zero-order valence-electron chi connectivity index (χ0n) is 31.1. The van der Waals surface area contributed by atoms with E-state index in [2.05, 4.69) is 19.9 Å². The molecule has 0 aliphatic heterocycles. The molecule has 0 atom stereocenters. The van der Waals surface area contributed by atoms with Gasteiger partial charge in [-0.05, 0) is 89.0 Å². The van der Waals surface area contributed by atoms with Crippen LogP contribution in [-0.2, 0) is 24.7 Å². The van der Waals surface area contributed by atoms with Crippen LogP contribution in [0.1, 0.15) is 33.4 Å². The molecule has 0 fully saturated rings. The molecule has 0 bridgehead atoms. The molecule has 3 heterocycles. The number of aromatic nitrogens is 5. The van der Waals surface area contributed by atoms with Crippen molar-refractivity contribution in [1.29, 1.82) is 10.5 Å². The molecule has 63 heavy (non-hydrogen) atoms. The third-order valence-electron chi connectivity index (χ3n) is 9.91. The van der Waals surface area contributed by atoms with Crippen molar-refractivity contribution in [3.63, 3.8) is 0 Å². The van der Waals surface area contributed by atoms with Gasteiger partial charge in [0.2, 0.25) is 0 Å². The normalized spacial score (nSPS) is 12.4. The first-order valence-corrected chi connectivity index (χ1v) is 17.9. The lowest BCUT2D eigenvalue weighted by molar-refractivity contribution is -0.144. The van der Waals surface area contributed by atoms with Crippen LogP contribution < -0.4 is 0 Å². The van der Waals surface area contributed by atoms with Gasteiger partial charge in [-0.3, -0.25) is 0 Å². The first-order chi connectivity index (χ1) is 29.6. The van der Waals surface area contributed by atoms with E-state index in [1.165, 1.54) is 84.0 Å². The molecule has 0 spiro atoms. The largest absolute Gasteiger partial charge is 0.416 e. The van der Waals surface area contributed by atoms with E-state index in [0.29, 0.717) is 40.6 Å². The first kappa shape index (κ1) is 41.9. The highest BCUT2D eigenvalue weighted by molar-refractivity contribution is 6.11. The van der Waals surface area contributed by atoms with Crippen molar-refractivity contribution in [2.75, 3.05) is 0 Å². The van der Waals surface area contributed by atoms with Gasteiger partial charge < -0.3 is 4.57 Å². The summed E-state index contributed by atoms with van der Waals surface area (Å²) in [6.07, 6.45) is -15.9. The summed E-state index contributed by atoms with van der Waals surface area (Å²) < 4.78 is 169. The van der Waals surface area contributed by atoms with Crippen molar-refractivity contribution in [2.24, 2.45) is 0 Å². The van der Waals surface area contributed by atoms with Crippen LogP contribution >= 0.6 is 0 Å². The zero-order valence-corrected chi connectivity index (χ0v) is 31.1. The fraction of sp³-hybridized carbons (Fsp3) is 0.0909. The second-order valence-electron chi connectivity index (χ2n) is 13.9. The lowest BCUT2D eigenvalue weighted by atomic mass is 9.97. The molecule has 0 unspecified atom stereocenters. The maximum absolute atomic E-state index is 14.0. The average Bonchev–Trinajstić information content (AvgIpc) is 3.57. The van der Waals surface area contributed by atoms with Crippen LogP contribution in [0.3, 0.4) is 0 Å². The van der Waals surface area contributed by atoms with E-state index in [9.17, 15) is 63.2 Å². The summed E-state index contributed by atoms with van der Waals surface area (Å²) in [5, 5.41) is 19.3. The molecule has 0 N–H and O–H groups in total. The Kier molecular flexibility index (Phi) is 9.97. The zero-order chi connectivity index (χ0) is 45.2. The fourth-order valence-electron chi connectivity index (χ4n) is 6.99. The van der Waals surface area contributed by atoms with Crippen LogP contribution in [0.25, 0.3) is 72.5 Å². The van der Waals surface area contributed by atoms with Gasteiger partial charge in [0, 0.05) is 46.7 Å². The Morgan fingerprint density at radius 1 is 0.397 bits per heavy atom. The molecule has 8 aromatic rings. The number of hydrogen-bond donors (Lipinski definition) is 0.